The van der Waals surface area contributed by atoms with Crippen molar-refractivity contribution in [3.63, 3.8) is 0 Å². The summed E-state index contributed by atoms with van der Waals surface area (Å²) in [5.41, 5.74) is 2.16. The lowest BCUT2D eigenvalue weighted by Gasteiger charge is -2.06. The number of anilines is 1. The van der Waals surface area contributed by atoms with Gasteiger partial charge in [-0.1, -0.05) is 0 Å². The molecule has 3 rings (SSSR count). The summed E-state index contributed by atoms with van der Waals surface area (Å²) in [7, 11) is 0. The Labute approximate surface area is 109 Å². The van der Waals surface area contributed by atoms with Crippen LogP contribution in [0, 0.1) is 0 Å². The Balaban J connectivity index is 1.67. The van der Waals surface area contributed by atoms with E-state index in [4.69, 9.17) is 14.3 Å². The Morgan fingerprint density at radius 3 is 3.00 bits per heavy atom. The van der Waals surface area contributed by atoms with Crippen LogP contribution in [0.2, 0.25) is 0 Å². The number of furan rings is 1. The van der Waals surface area contributed by atoms with Crippen molar-refractivity contribution in [3.8, 4) is 5.75 Å². The van der Waals surface area contributed by atoms with E-state index >= 15 is 0 Å². The second kappa shape index (κ2) is 4.68. The normalized spacial score (nSPS) is 12.8. The van der Waals surface area contributed by atoms with Crippen molar-refractivity contribution in [2.45, 2.75) is 13.0 Å². The molecular formula is C14H13NO4. The quantitative estimate of drug-likeness (QED) is 0.882. The molecule has 0 unspecified atom stereocenters. The molecule has 0 amide bonds. The summed E-state index contributed by atoms with van der Waals surface area (Å²) in [4.78, 5) is 10.7. The topological polar surface area (TPSA) is 71.7 Å². The molecule has 0 atom stereocenters. The lowest BCUT2D eigenvalue weighted by molar-refractivity contribution is 0.0660. The molecule has 0 fully saturated rings. The molecule has 1 aliphatic heterocycles. The highest BCUT2D eigenvalue weighted by molar-refractivity contribution is 5.84. The summed E-state index contributed by atoms with van der Waals surface area (Å²) in [6.07, 6.45) is 0.925. The first-order valence-corrected chi connectivity index (χ1v) is 6.04. The number of carbonyl (C=O) groups is 1. The van der Waals surface area contributed by atoms with Crippen LogP contribution in [-0.4, -0.2) is 17.7 Å². The van der Waals surface area contributed by atoms with Gasteiger partial charge in [-0.25, -0.2) is 4.79 Å². The standard InChI is InChI=1S/C14H13NO4/c16-14(17)13-4-2-11(19-13)8-15-10-1-3-12-9(7-10)5-6-18-12/h1-4,7,15H,5-6,8H2,(H,16,17). The average Bonchev–Trinajstić information content (AvgIpc) is 3.04. The Bertz CT molecular complexity index is 618. The maximum atomic E-state index is 10.7. The summed E-state index contributed by atoms with van der Waals surface area (Å²) in [5, 5.41) is 12.0. The van der Waals surface area contributed by atoms with Crippen molar-refractivity contribution in [3.05, 3.63) is 47.4 Å². The van der Waals surface area contributed by atoms with Crippen LogP contribution in [0.15, 0.2) is 34.7 Å². The molecule has 0 radical (unpaired) electrons. The number of ether oxygens (including phenoxy) is 1. The largest absolute Gasteiger partial charge is 0.493 e. The minimum Gasteiger partial charge on any atom is -0.493 e. The van der Waals surface area contributed by atoms with Crippen LogP contribution in [0.5, 0.6) is 5.75 Å². The first-order valence-electron chi connectivity index (χ1n) is 6.04. The van der Waals surface area contributed by atoms with E-state index in [-0.39, 0.29) is 5.76 Å². The van der Waals surface area contributed by atoms with Gasteiger partial charge in [0.05, 0.1) is 13.2 Å². The summed E-state index contributed by atoms with van der Waals surface area (Å²) < 4.78 is 10.6. The minimum absolute atomic E-state index is 0.0425. The Morgan fingerprint density at radius 2 is 2.21 bits per heavy atom. The van der Waals surface area contributed by atoms with Crippen LogP contribution in [0.3, 0.4) is 0 Å². The molecule has 1 aromatic carbocycles. The van der Waals surface area contributed by atoms with Crippen LogP contribution < -0.4 is 10.1 Å². The third-order valence-corrected chi connectivity index (χ3v) is 3.03. The molecule has 1 aliphatic rings. The number of carboxylic acids is 1. The van der Waals surface area contributed by atoms with Gasteiger partial charge >= 0.3 is 5.97 Å². The first kappa shape index (κ1) is 11.6. The maximum absolute atomic E-state index is 10.7. The highest BCUT2D eigenvalue weighted by Gasteiger charge is 2.12. The summed E-state index contributed by atoms with van der Waals surface area (Å²) >= 11 is 0. The molecule has 5 heteroatoms. The van der Waals surface area contributed by atoms with Crippen LogP contribution in [0.25, 0.3) is 0 Å². The van der Waals surface area contributed by atoms with Gasteiger partial charge in [-0.05, 0) is 35.9 Å². The van der Waals surface area contributed by atoms with Crippen molar-refractivity contribution in [2.24, 2.45) is 0 Å². The predicted octanol–water partition coefficient (Wildman–Crippen LogP) is 2.52. The van der Waals surface area contributed by atoms with Gasteiger partial charge in [-0.15, -0.1) is 0 Å². The number of benzene rings is 1. The number of fused-ring (bicyclic) bond motifs is 1. The van der Waals surface area contributed by atoms with E-state index in [9.17, 15) is 4.79 Å². The zero-order valence-electron chi connectivity index (χ0n) is 10.2. The first-order chi connectivity index (χ1) is 9.22. The van der Waals surface area contributed by atoms with Gasteiger partial charge in [0.25, 0.3) is 0 Å². The van der Waals surface area contributed by atoms with E-state index in [0.717, 1.165) is 24.5 Å². The molecule has 0 bridgehead atoms. The van der Waals surface area contributed by atoms with Crippen LogP contribution in [-0.2, 0) is 13.0 Å². The van der Waals surface area contributed by atoms with Crippen molar-refractivity contribution >= 4 is 11.7 Å². The minimum atomic E-state index is -1.05. The second-order valence-electron chi connectivity index (χ2n) is 4.35. The van der Waals surface area contributed by atoms with Gasteiger partial charge in [0.2, 0.25) is 5.76 Å². The Kier molecular flexibility index (Phi) is 2.87. The van der Waals surface area contributed by atoms with Crippen LogP contribution in [0.4, 0.5) is 5.69 Å². The van der Waals surface area contributed by atoms with E-state index < -0.39 is 5.97 Å². The number of aromatic carboxylic acids is 1. The third-order valence-electron chi connectivity index (χ3n) is 3.03. The highest BCUT2D eigenvalue weighted by atomic mass is 16.5. The molecule has 2 heterocycles. The summed E-state index contributed by atoms with van der Waals surface area (Å²) in [5.74, 6) is 0.436. The third kappa shape index (κ3) is 2.40. The fourth-order valence-corrected chi connectivity index (χ4v) is 2.07. The molecule has 1 aromatic heterocycles. The monoisotopic (exact) mass is 259 g/mol. The van der Waals surface area contributed by atoms with E-state index in [1.165, 1.54) is 11.6 Å². The molecule has 0 aliphatic carbocycles. The van der Waals surface area contributed by atoms with Gasteiger partial charge in [0.1, 0.15) is 11.5 Å². The molecule has 2 N–H and O–H groups in total. The van der Waals surface area contributed by atoms with E-state index in [2.05, 4.69) is 5.32 Å². The maximum Gasteiger partial charge on any atom is 0.371 e. The summed E-state index contributed by atoms with van der Waals surface area (Å²) in [6, 6.07) is 9.03. The molecule has 0 spiro atoms. The van der Waals surface area contributed by atoms with Gasteiger partial charge in [-0.2, -0.15) is 0 Å². The average molecular weight is 259 g/mol. The van der Waals surface area contributed by atoms with Gasteiger partial charge in [-0.3, -0.25) is 0 Å². The summed E-state index contributed by atoms with van der Waals surface area (Å²) in [6.45, 7) is 1.19. The number of nitrogens with one attached hydrogen (secondary N) is 1. The number of rotatable bonds is 4. The smallest absolute Gasteiger partial charge is 0.371 e. The van der Waals surface area contributed by atoms with Crippen molar-refractivity contribution < 1.29 is 19.1 Å². The SMILES string of the molecule is O=C(O)c1ccc(CNc2ccc3c(c2)CCO3)o1. The van der Waals surface area contributed by atoms with Gasteiger partial charge in [0, 0.05) is 12.1 Å². The predicted molar refractivity (Wildman–Crippen MR) is 68.6 cm³/mol. The lowest BCUT2D eigenvalue weighted by atomic mass is 10.1. The molecule has 98 valence electrons. The molecule has 0 saturated carbocycles. The fourth-order valence-electron chi connectivity index (χ4n) is 2.07. The molecule has 0 saturated heterocycles. The van der Waals surface area contributed by atoms with Crippen molar-refractivity contribution in [1.29, 1.82) is 0 Å². The van der Waals surface area contributed by atoms with Gasteiger partial charge in [0.15, 0.2) is 0 Å². The fraction of sp³-hybridized carbons (Fsp3) is 0.214. The highest BCUT2D eigenvalue weighted by Crippen LogP contribution is 2.28. The van der Waals surface area contributed by atoms with Crippen LogP contribution in [0.1, 0.15) is 21.9 Å². The molecule has 2 aromatic rings. The molecule has 5 nitrogen and oxygen atoms in total. The second-order valence-corrected chi connectivity index (χ2v) is 4.35. The molecule has 19 heavy (non-hydrogen) atoms. The Morgan fingerprint density at radius 1 is 1.32 bits per heavy atom. The van der Waals surface area contributed by atoms with Crippen molar-refractivity contribution in [1.82, 2.24) is 0 Å². The van der Waals surface area contributed by atoms with Crippen molar-refractivity contribution in [2.75, 3.05) is 11.9 Å². The zero-order chi connectivity index (χ0) is 13.2. The number of hydrogen-bond donors (Lipinski definition) is 2. The van der Waals surface area contributed by atoms with E-state index in [1.807, 2.05) is 18.2 Å². The van der Waals surface area contributed by atoms with Gasteiger partial charge < -0.3 is 19.6 Å². The van der Waals surface area contributed by atoms with Crippen LogP contribution >= 0.6 is 0 Å². The number of carboxylic acid groups (broad SMARTS) is 1. The molecular weight excluding hydrogens is 246 g/mol. The van der Waals surface area contributed by atoms with E-state index in [1.54, 1.807) is 6.07 Å². The van der Waals surface area contributed by atoms with E-state index in [0.29, 0.717) is 12.3 Å². The Hall–Kier alpha value is -2.43. The lowest BCUT2D eigenvalue weighted by Crippen LogP contribution is -1.99. The number of hydrogen-bond acceptors (Lipinski definition) is 4. The zero-order valence-corrected chi connectivity index (χ0v) is 10.2.